The van der Waals surface area contributed by atoms with Crippen molar-refractivity contribution in [1.82, 2.24) is 0 Å². The predicted octanol–water partition coefficient (Wildman–Crippen LogP) is 1.19. The van der Waals surface area contributed by atoms with Crippen molar-refractivity contribution in [1.29, 1.82) is 0 Å². The molecule has 1 saturated heterocycles. The molecule has 2 aromatic carbocycles. The number of anilines is 2. The molecule has 0 unspecified atom stereocenters. The number of halogens is 1. The van der Waals surface area contributed by atoms with Gasteiger partial charge < -0.3 is 24.6 Å². The molecule has 1 fully saturated rings. The minimum absolute atomic E-state index is 0.0871. The predicted molar refractivity (Wildman–Crippen MR) is 102 cm³/mol. The van der Waals surface area contributed by atoms with E-state index < -0.39 is 0 Å². The first-order chi connectivity index (χ1) is 13.1. The average Bonchev–Trinajstić information content (AvgIpc) is 2.69. The molecule has 144 valence electrons. The van der Waals surface area contributed by atoms with E-state index in [0.717, 1.165) is 13.1 Å². The maximum Gasteiger partial charge on any atom is 0.279 e. The fraction of sp³-hybridized carbons (Fsp3) is 0.350. The Hall–Kier alpha value is -2.80. The van der Waals surface area contributed by atoms with Crippen LogP contribution in [0.4, 0.5) is 15.8 Å². The molecule has 0 bridgehead atoms. The highest BCUT2D eigenvalue weighted by Gasteiger charge is 2.24. The standard InChI is InChI=1S/C20H24FN3O3/c1-26-15-7-8-19(27-2)17(13-15)22-20(25)14-23-9-11-24(12-10-23)18-6-4-3-5-16(18)21/h3-8,13H,9-12,14H2,1-2H3,(H,22,25)/p+1. The number of piperazine rings is 1. The lowest BCUT2D eigenvalue weighted by Crippen LogP contribution is -3.15. The molecule has 7 heteroatoms. The van der Waals surface area contributed by atoms with Gasteiger partial charge in [-0.3, -0.25) is 4.79 Å². The van der Waals surface area contributed by atoms with Crippen molar-refractivity contribution in [2.45, 2.75) is 0 Å². The number of nitrogens with zero attached hydrogens (tertiary/aromatic N) is 1. The van der Waals surface area contributed by atoms with Crippen LogP contribution in [0.5, 0.6) is 11.5 Å². The summed E-state index contributed by atoms with van der Waals surface area (Å²) >= 11 is 0. The van der Waals surface area contributed by atoms with Gasteiger partial charge in [0.15, 0.2) is 6.54 Å². The Balaban J connectivity index is 1.55. The highest BCUT2D eigenvalue weighted by molar-refractivity contribution is 5.93. The van der Waals surface area contributed by atoms with Crippen molar-refractivity contribution in [3.05, 3.63) is 48.3 Å². The lowest BCUT2D eigenvalue weighted by atomic mass is 10.2. The molecule has 1 heterocycles. The molecule has 3 rings (SSSR count). The second-order valence-corrected chi connectivity index (χ2v) is 6.48. The molecule has 0 atom stereocenters. The smallest absolute Gasteiger partial charge is 0.279 e. The summed E-state index contributed by atoms with van der Waals surface area (Å²) in [4.78, 5) is 15.7. The third-order valence-electron chi connectivity index (χ3n) is 4.75. The third kappa shape index (κ3) is 4.68. The number of amides is 1. The Bertz CT molecular complexity index is 792. The molecule has 0 spiro atoms. The molecule has 1 amide bonds. The van der Waals surface area contributed by atoms with E-state index in [1.165, 1.54) is 11.0 Å². The Morgan fingerprint density at radius 2 is 1.89 bits per heavy atom. The van der Waals surface area contributed by atoms with Gasteiger partial charge in [-0.25, -0.2) is 4.39 Å². The molecular weight excluding hydrogens is 349 g/mol. The fourth-order valence-electron chi connectivity index (χ4n) is 3.28. The van der Waals surface area contributed by atoms with Crippen molar-refractivity contribution in [2.24, 2.45) is 0 Å². The lowest BCUT2D eigenvalue weighted by molar-refractivity contribution is -0.892. The van der Waals surface area contributed by atoms with Gasteiger partial charge in [0.25, 0.3) is 5.91 Å². The van der Waals surface area contributed by atoms with E-state index in [1.807, 2.05) is 11.0 Å². The Kier molecular flexibility index (Phi) is 6.13. The minimum Gasteiger partial charge on any atom is -0.497 e. The lowest BCUT2D eigenvalue weighted by Gasteiger charge is -2.33. The molecule has 0 radical (unpaired) electrons. The van der Waals surface area contributed by atoms with Crippen LogP contribution in [0, 0.1) is 5.82 Å². The maximum absolute atomic E-state index is 13.9. The molecule has 0 saturated carbocycles. The monoisotopic (exact) mass is 374 g/mol. The number of nitrogens with one attached hydrogen (secondary N) is 2. The van der Waals surface area contributed by atoms with Gasteiger partial charge in [0.2, 0.25) is 0 Å². The van der Waals surface area contributed by atoms with Gasteiger partial charge in [0.05, 0.1) is 51.8 Å². The normalized spacial score (nSPS) is 14.7. The van der Waals surface area contributed by atoms with Crippen molar-refractivity contribution in [2.75, 3.05) is 57.2 Å². The molecule has 0 aromatic heterocycles. The molecule has 2 aromatic rings. The number of hydrogen-bond acceptors (Lipinski definition) is 4. The van der Waals surface area contributed by atoms with Crippen molar-refractivity contribution in [3.63, 3.8) is 0 Å². The molecule has 1 aliphatic heterocycles. The van der Waals surface area contributed by atoms with Crippen molar-refractivity contribution in [3.8, 4) is 11.5 Å². The van der Waals surface area contributed by atoms with Gasteiger partial charge in [-0.1, -0.05) is 12.1 Å². The minimum atomic E-state index is -0.205. The zero-order valence-corrected chi connectivity index (χ0v) is 15.6. The van der Waals surface area contributed by atoms with Gasteiger partial charge >= 0.3 is 0 Å². The summed E-state index contributed by atoms with van der Waals surface area (Å²) in [6, 6.07) is 12.1. The van der Waals surface area contributed by atoms with Gasteiger partial charge in [0.1, 0.15) is 17.3 Å². The molecule has 1 aliphatic rings. The fourth-order valence-corrected chi connectivity index (χ4v) is 3.28. The number of carbonyl (C=O) groups is 1. The summed E-state index contributed by atoms with van der Waals surface area (Å²) in [5.41, 5.74) is 1.22. The third-order valence-corrected chi connectivity index (χ3v) is 4.75. The zero-order chi connectivity index (χ0) is 19.2. The van der Waals surface area contributed by atoms with Gasteiger partial charge in [-0.05, 0) is 24.3 Å². The van der Waals surface area contributed by atoms with E-state index in [-0.39, 0.29) is 11.7 Å². The Morgan fingerprint density at radius 3 is 2.56 bits per heavy atom. The first kappa shape index (κ1) is 19.0. The summed E-state index contributed by atoms with van der Waals surface area (Å²) < 4.78 is 24.4. The summed E-state index contributed by atoms with van der Waals surface area (Å²) in [5, 5.41) is 2.90. The van der Waals surface area contributed by atoms with E-state index in [0.29, 0.717) is 42.5 Å². The van der Waals surface area contributed by atoms with Crippen LogP contribution < -0.4 is 24.6 Å². The highest BCUT2D eigenvalue weighted by atomic mass is 19.1. The van der Waals surface area contributed by atoms with E-state index in [2.05, 4.69) is 5.32 Å². The van der Waals surface area contributed by atoms with E-state index >= 15 is 0 Å². The van der Waals surface area contributed by atoms with Gasteiger partial charge in [-0.15, -0.1) is 0 Å². The van der Waals surface area contributed by atoms with Gasteiger partial charge in [0, 0.05) is 6.07 Å². The first-order valence-electron chi connectivity index (χ1n) is 8.95. The van der Waals surface area contributed by atoms with Crippen molar-refractivity contribution >= 4 is 17.3 Å². The highest BCUT2D eigenvalue weighted by Crippen LogP contribution is 2.28. The molecule has 27 heavy (non-hydrogen) atoms. The number of methoxy groups -OCH3 is 2. The van der Waals surface area contributed by atoms with Crippen LogP contribution in [0.3, 0.4) is 0 Å². The number of rotatable bonds is 6. The summed E-state index contributed by atoms with van der Waals surface area (Å²) in [7, 11) is 3.14. The number of quaternary nitrogens is 1. The Morgan fingerprint density at radius 1 is 1.15 bits per heavy atom. The zero-order valence-electron chi connectivity index (χ0n) is 15.6. The van der Waals surface area contributed by atoms with Crippen LogP contribution in [-0.4, -0.2) is 52.9 Å². The van der Waals surface area contributed by atoms with E-state index in [1.54, 1.807) is 44.6 Å². The quantitative estimate of drug-likeness (QED) is 0.798. The first-order valence-corrected chi connectivity index (χ1v) is 8.95. The van der Waals surface area contributed by atoms with Crippen LogP contribution in [0.15, 0.2) is 42.5 Å². The number of hydrogen-bond donors (Lipinski definition) is 2. The van der Waals surface area contributed by atoms with E-state index in [4.69, 9.17) is 9.47 Å². The average molecular weight is 374 g/mol. The van der Waals surface area contributed by atoms with Crippen LogP contribution in [-0.2, 0) is 4.79 Å². The Labute approximate surface area is 158 Å². The second kappa shape index (κ2) is 8.73. The van der Waals surface area contributed by atoms with Crippen LogP contribution in [0.1, 0.15) is 0 Å². The summed E-state index contributed by atoms with van der Waals surface area (Å²) in [5.74, 6) is 0.945. The summed E-state index contributed by atoms with van der Waals surface area (Å²) in [6.07, 6.45) is 0. The SMILES string of the molecule is COc1ccc(OC)c(NC(=O)C[NH+]2CCN(c3ccccc3F)CC2)c1. The van der Waals surface area contributed by atoms with Crippen molar-refractivity contribution < 1.29 is 23.6 Å². The number of ether oxygens (including phenoxy) is 2. The number of para-hydroxylation sites is 1. The second-order valence-electron chi connectivity index (χ2n) is 6.48. The molecular formula is C20H25FN3O3+. The number of benzene rings is 2. The topological polar surface area (TPSA) is 55.2 Å². The maximum atomic E-state index is 13.9. The van der Waals surface area contributed by atoms with Crippen LogP contribution in [0.25, 0.3) is 0 Å². The van der Waals surface area contributed by atoms with Crippen LogP contribution in [0.2, 0.25) is 0 Å². The van der Waals surface area contributed by atoms with Gasteiger partial charge in [-0.2, -0.15) is 0 Å². The van der Waals surface area contributed by atoms with E-state index in [9.17, 15) is 9.18 Å². The molecule has 0 aliphatic carbocycles. The molecule has 2 N–H and O–H groups in total. The largest absolute Gasteiger partial charge is 0.497 e. The number of carbonyl (C=O) groups excluding carboxylic acids is 1. The van der Waals surface area contributed by atoms with Crippen LogP contribution >= 0.6 is 0 Å². The summed E-state index contributed by atoms with van der Waals surface area (Å²) in [6.45, 7) is 3.33. The molecule has 6 nitrogen and oxygen atoms in total.